The molecule has 1 rings (SSSR count). The van der Waals surface area contributed by atoms with E-state index in [1.165, 1.54) is 6.07 Å². The van der Waals surface area contributed by atoms with Crippen molar-refractivity contribution >= 4 is 31.5 Å². The largest absolute Gasteiger partial charge is 0.261 e. The topological polar surface area (TPSA) is 34.1 Å². The maximum atomic E-state index is 11.1. The van der Waals surface area contributed by atoms with Crippen LogP contribution in [0.15, 0.2) is 29.2 Å². The summed E-state index contributed by atoms with van der Waals surface area (Å²) in [6.07, 6.45) is 1.91. The zero-order chi connectivity index (χ0) is 9.90. The van der Waals surface area contributed by atoms with Crippen LogP contribution in [0.25, 0.3) is 0 Å². The lowest BCUT2D eigenvalue weighted by molar-refractivity contribution is 0.609. The lowest BCUT2D eigenvalue weighted by Crippen LogP contribution is -1.95. The summed E-state index contributed by atoms with van der Waals surface area (Å²) in [6.45, 7) is 0. The van der Waals surface area contributed by atoms with E-state index >= 15 is 0 Å². The molecule has 13 heavy (non-hydrogen) atoms. The van der Waals surface area contributed by atoms with Gasteiger partial charge in [0.25, 0.3) is 9.05 Å². The van der Waals surface area contributed by atoms with Crippen LogP contribution in [0.3, 0.4) is 0 Å². The van der Waals surface area contributed by atoms with Crippen LogP contribution in [0.4, 0.5) is 0 Å². The molecule has 0 aliphatic carbocycles. The molecule has 0 fully saturated rings. The molecular formula is C8H9ClO2S2. The van der Waals surface area contributed by atoms with Gasteiger partial charge in [0.1, 0.15) is 0 Å². The van der Waals surface area contributed by atoms with Crippen molar-refractivity contribution in [2.75, 3.05) is 6.26 Å². The number of thioether (sulfide) groups is 1. The normalized spacial score (nSPS) is 11.5. The van der Waals surface area contributed by atoms with Crippen LogP contribution in [0, 0.1) is 0 Å². The zero-order valence-electron chi connectivity index (χ0n) is 7.03. The van der Waals surface area contributed by atoms with Gasteiger partial charge in [-0.05, 0) is 17.9 Å². The van der Waals surface area contributed by atoms with Gasteiger partial charge in [-0.3, -0.25) is 0 Å². The molecule has 2 nitrogen and oxygen atoms in total. The van der Waals surface area contributed by atoms with Crippen LogP contribution in [-0.2, 0) is 14.8 Å². The summed E-state index contributed by atoms with van der Waals surface area (Å²) < 4.78 is 22.2. The third-order valence-corrected chi connectivity index (χ3v) is 3.56. The second kappa shape index (κ2) is 4.35. The van der Waals surface area contributed by atoms with Gasteiger partial charge in [-0.1, -0.05) is 18.2 Å². The minimum absolute atomic E-state index is 0.214. The fourth-order valence-corrected chi connectivity index (χ4v) is 2.82. The van der Waals surface area contributed by atoms with Gasteiger partial charge >= 0.3 is 0 Å². The van der Waals surface area contributed by atoms with E-state index in [4.69, 9.17) is 10.7 Å². The summed E-state index contributed by atoms with van der Waals surface area (Å²) in [5.74, 6) is 0.655. The number of hydrogen-bond donors (Lipinski definition) is 0. The number of hydrogen-bond acceptors (Lipinski definition) is 3. The summed E-state index contributed by atoms with van der Waals surface area (Å²) in [7, 11) is 1.67. The minimum Gasteiger partial charge on any atom is -0.207 e. The van der Waals surface area contributed by atoms with Crippen LogP contribution >= 0.6 is 22.4 Å². The predicted molar refractivity (Wildman–Crippen MR) is 56.7 cm³/mol. The van der Waals surface area contributed by atoms with E-state index in [0.717, 1.165) is 5.56 Å². The molecule has 0 aromatic heterocycles. The van der Waals surface area contributed by atoms with Crippen LogP contribution in [0.2, 0.25) is 0 Å². The highest BCUT2D eigenvalue weighted by atomic mass is 35.7. The molecule has 0 amide bonds. The molecule has 0 aliphatic heterocycles. The zero-order valence-corrected chi connectivity index (χ0v) is 9.42. The SMILES string of the molecule is CSCc1ccccc1S(=O)(=O)Cl. The fraction of sp³-hybridized carbons (Fsp3) is 0.250. The Morgan fingerprint density at radius 1 is 1.38 bits per heavy atom. The highest BCUT2D eigenvalue weighted by molar-refractivity contribution is 8.13. The first-order chi connectivity index (χ1) is 6.05. The van der Waals surface area contributed by atoms with Crippen LogP contribution in [0.5, 0.6) is 0 Å². The van der Waals surface area contributed by atoms with E-state index in [1.807, 2.05) is 6.26 Å². The Morgan fingerprint density at radius 2 is 2.00 bits per heavy atom. The first kappa shape index (κ1) is 10.9. The van der Waals surface area contributed by atoms with E-state index in [2.05, 4.69) is 0 Å². The number of rotatable bonds is 3. The van der Waals surface area contributed by atoms with Crippen molar-refractivity contribution in [3.05, 3.63) is 29.8 Å². The third kappa shape index (κ3) is 2.90. The molecule has 1 aromatic rings. The molecule has 0 spiro atoms. The first-order valence-electron chi connectivity index (χ1n) is 3.57. The summed E-state index contributed by atoms with van der Waals surface area (Å²) in [5, 5.41) is 0. The molecule has 0 saturated heterocycles. The fourth-order valence-electron chi connectivity index (χ4n) is 1.02. The van der Waals surface area contributed by atoms with Gasteiger partial charge < -0.3 is 0 Å². The maximum absolute atomic E-state index is 11.1. The van der Waals surface area contributed by atoms with E-state index in [0.29, 0.717) is 5.75 Å². The molecule has 0 bridgehead atoms. The molecular weight excluding hydrogens is 228 g/mol. The summed E-state index contributed by atoms with van der Waals surface area (Å²) in [4.78, 5) is 0.214. The van der Waals surface area contributed by atoms with E-state index < -0.39 is 9.05 Å². The first-order valence-corrected chi connectivity index (χ1v) is 7.27. The molecule has 0 atom stereocenters. The summed E-state index contributed by atoms with van der Waals surface area (Å²) in [6, 6.07) is 6.76. The van der Waals surface area contributed by atoms with E-state index in [9.17, 15) is 8.42 Å². The Labute approximate surface area is 86.7 Å². The Hall–Kier alpha value is -0.190. The van der Waals surface area contributed by atoms with Crippen molar-refractivity contribution in [3.63, 3.8) is 0 Å². The smallest absolute Gasteiger partial charge is 0.207 e. The Balaban J connectivity index is 3.20. The Kier molecular flexibility index (Phi) is 3.64. The van der Waals surface area contributed by atoms with Gasteiger partial charge in [0, 0.05) is 16.4 Å². The van der Waals surface area contributed by atoms with E-state index in [1.54, 1.807) is 30.0 Å². The van der Waals surface area contributed by atoms with Crippen LogP contribution in [0.1, 0.15) is 5.56 Å². The molecule has 0 aliphatic rings. The number of halogens is 1. The number of benzene rings is 1. The van der Waals surface area contributed by atoms with Crippen LogP contribution in [-0.4, -0.2) is 14.7 Å². The average Bonchev–Trinajstić information content (AvgIpc) is 2.04. The molecule has 0 radical (unpaired) electrons. The molecule has 5 heteroatoms. The Morgan fingerprint density at radius 3 is 2.54 bits per heavy atom. The van der Waals surface area contributed by atoms with Gasteiger partial charge in [-0.15, -0.1) is 0 Å². The van der Waals surface area contributed by atoms with Crippen molar-refractivity contribution in [2.24, 2.45) is 0 Å². The minimum atomic E-state index is -3.60. The van der Waals surface area contributed by atoms with Crippen molar-refractivity contribution in [2.45, 2.75) is 10.6 Å². The van der Waals surface area contributed by atoms with Gasteiger partial charge in [0.2, 0.25) is 0 Å². The van der Waals surface area contributed by atoms with Crippen molar-refractivity contribution in [3.8, 4) is 0 Å². The molecule has 0 heterocycles. The summed E-state index contributed by atoms with van der Waals surface area (Å²) >= 11 is 1.56. The average molecular weight is 237 g/mol. The van der Waals surface area contributed by atoms with E-state index in [-0.39, 0.29) is 4.90 Å². The Bertz CT molecular complexity index is 387. The lowest BCUT2D eigenvalue weighted by atomic mass is 10.2. The highest BCUT2D eigenvalue weighted by Crippen LogP contribution is 2.22. The third-order valence-electron chi connectivity index (χ3n) is 1.54. The second-order valence-corrected chi connectivity index (χ2v) is 5.88. The molecule has 1 aromatic carbocycles. The van der Waals surface area contributed by atoms with Gasteiger partial charge in [0.05, 0.1) is 4.90 Å². The van der Waals surface area contributed by atoms with Gasteiger partial charge in [0.15, 0.2) is 0 Å². The highest BCUT2D eigenvalue weighted by Gasteiger charge is 2.13. The maximum Gasteiger partial charge on any atom is 0.261 e. The summed E-state index contributed by atoms with van der Waals surface area (Å²) in [5.41, 5.74) is 0.755. The molecule has 72 valence electrons. The van der Waals surface area contributed by atoms with Crippen LogP contribution < -0.4 is 0 Å². The molecule has 0 unspecified atom stereocenters. The monoisotopic (exact) mass is 236 g/mol. The second-order valence-electron chi connectivity index (χ2n) is 2.48. The van der Waals surface area contributed by atoms with Gasteiger partial charge in [-0.25, -0.2) is 8.42 Å². The predicted octanol–water partition coefficient (Wildman–Crippen LogP) is 2.48. The quantitative estimate of drug-likeness (QED) is 0.757. The van der Waals surface area contributed by atoms with Gasteiger partial charge in [-0.2, -0.15) is 11.8 Å². The standard InChI is InChI=1S/C8H9ClO2S2/c1-12-6-7-4-2-3-5-8(7)13(9,10)11/h2-5H,6H2,1H3. The molecule has 0 saturated carbocycles. The molecule has 0 N–H and O–H groups in total. The van der Waals surface area contributed by atoms with Crippen molar-refractivity contribution in [1.82, 2.24) is 0 Å². The van der Waals surface area contributed by atoms with Crippen molar-refractivity contribution in [1.29, 1.82) is 0 Å². The van der Waals surface area contributed by atoms with Crippen molar-refractivity contribution < 1.29 is 8.42 Å². The lowest BCUT2D eigenvalue weighted by Gasteiger charge is -2.03.